The number of benzene rings is 10. The molecule has 10 aromatic carbocycles. The molecule has 0 unspecified atom stereocenters. The zero-order valence-electron chi connectivity index (χ0n) is 24.0. The fraction of sp³-hybridized carbons (Fsp3) is 0. The predicted molar refractivity (Wildman–Crippen MR) is 190 cm³/mol. The van der Waals surface area contributed by atoms with E-state index in [1.54, 1.807) is 0 Å². The molecule has 10 rings (SSSR count). The topological polar surface area (TPSA) is 0 Å². The Bertz CT molecular complexity index is 2660. The van der Waals surface area contributed by atoms with Crippen LogP contribution >= 0.6 is 0 Å². The zero-order chi connectivity index (χ0) is 28.8. The van der Waals surface area contributed by atoms with Gasteiger partial charge in [-0.15, -0.1) is 0 Å². The Hall–Kier alpha value is -5.72. The molecule has 0 aliphatic heterocycles. The Balaban J connectivity index is 1.08. The van der Waals surface area contributed by atoms with Crippen LogP contribution in [0.3, 0.4) is 0 Å². The summed E-state index contributed by atoms with van der Waals surface area (Å²) >= 11 is 0. The highest BCUT2D eigenvalue weighted by Gasteiger charge is 2.14. The fourth-order valence-electron chi connectivity index (χ4n) is 7.68. The maximum absolute atomic E-state index is 2.34. The summed E-state index contributed by atoms with van der Waals surface area (Å²) in [7, 11) is 0. The summed E-state index contributed by atoms with van der Waals surface area (Å²) in [6, 6.07) is 58.6. The molecule has 10 aromatic rings. The largest absolute Gasteiger partial charge is 0.0610 e. The fourth-order valence-corrected chi connectivity index (χ4v) is 7.68. The summed E-state index contributed by atoms with van der Waals surface area (Å²) in [5.74, 6) is 0. The minimum atomic E-state index is 1.23. The van der Waals surface area contributed by atoms with Gasteiger partial charge in [-0.25, -0.2) is 0 Å². The Morgan fingerprint density at radius 3 is 1.16 bits per heavy atom. The second kappa shape index (κ2) is 8.89. The monoisotopic (exact) mass is 554 g/mol. The van der Waals surface area contributed by atoms with E-state index in [2.05, 4.69) is 158 Å². The first-order valence-corrected chi connectivity index (χ1v) is 15.3. The van der Waals surface area contributed by atoms with Gasteiger partial charge in [-0.3, -0.25) is 0 Å². The molecule has 0 amide bonds. The SMILES string of the molecule is c1cc(-c2ccc(-c3ccc4ccc5cccc6ccc3c4c56)cc2)cc(-c2ccc3ccc4cccc5ccc2c3c45)c1. The first kappa shape index (κ1) is 23.8. The molecule has 0 spiro atoms. The van der Waals surface area contributed by atoms with Crippen molar-refractivity contribution in [3.8, 4) is 33.4 Å². The van der Waals surface area contributed by atoms with Gasteiger partial charge in [0.05, 0.1) is 0 Å². The third-order valence-corrected chi connectivity index (χ3v) is 9.76. The second-order valence-electron chi connectivity index (χ2n) is 12.1. The molecule has 0 aliphatic carbocycles. The molecular weight excluding hydrogens is 528 g/mol. The lowest BCUT2D eigenvalue weighted by molar-refractivity contribution is 1.60. The van der Waals surface area contributed by atoms with Gasteiger partial charge in [0.25, 0.3) is 0 Å². The van der Waals surface area contributed by atoms with Gasteiger partial charge in [0, 0.05) is 0 Å². The quantitative estimate of drug-likeness (QED) is 0.191. The standard InChI is InChI=1S/C44H26/c1-4-29-14-16-33-18-22-37(39-24-20-31(6-1)41(29)43(33)39)28-12-10-27(11-13-28)35-8-3-9-36(26-35)38-23-19-34-17-15-30-5-2-7-32-21-25-40(38)44(34)42(30)32/h1-26H. The minimum Gasteiger partial charge on any atom is -0.0610 e. The normalized spacial score (nSPS) is 12.1. The average molecular weight is 555 g/mol. The van der Waals surface area contributed by atoms with Crippen LogP contribution < -0.4 is 0 Å². The van der Waals surface area contributed by atoms with E-state index < -0.39 is 0 Å². The van der Waals surface area contributed by atoms with Crippen LogP contribution in [0.15, 0.2) is 158 Å². The molecule has 0 nitrogen and oxygen atoms in total. The summed E-state index contributed by atoms with van der Waals surface area (Å²) in [5, 5.41) is 15.9. The molecule has 0 aromatic heterocycles. The summed E-state index contributed by atoms with van der Waals surface area (Å²) < 4.78 is 0. The van der Waals surface area contributed by atoms with Gasteiger partial charge in [-0.05, 0) is 104 Å². The zero-order valence-corrected chi connectivity index (χ0v) is 24.0. The van der Waals surface area contributed by atoms with Crippen molar-refractivity contribution in [1.29, 1.82) is 0 Å². The Kier molecular flexibility index (Phi) is 4.81. The van der Waals surface area contributed by atoms with Crippen LogP contribution in [0, 0.1) is 0 Å². The van der Waals surface area contributed by atoms with E-state index in [9.17, 15) is 0 Å². The molecule has 44 heavy (non-hydrogen) atoms. The van der Waals surface area contributed by atoms with Crippen LogP contribution in [0.4, 0.5) is 0 Å². The van der Waals surface area contributed by atoms with Crippen molar-refractivity contribution in [2.45, 2.75) is 0 Å². The van der Waals surface area contributed by atoms with Crippen molar-refractivity contribution >= 4 is 64.6 Å². The van der Waals surface area contributed by atoms with Crippen molar-refractivity contribution < 1.29 is 0 Å². The molecule has 0 radical (unpaired) electrons. The third-order valence-electron chi connectivity index (χ3n) is 9.76. The highest BCUT2D eigenvalue weighted by Crippen LogP contribution is 2.41. The van der Waals surface area contributed by atoms with E-state index in [0.29, 0.717) is 0 Å². The second-order valence-corrected chi connectivity index (χ2v) is 12.1. The molecule has 0 saturated heterocycles. The van der Waals surface area contributed by atoms with Crippen molar-refractivity contribution in [2.75, 3.05) is 0 Å². The van der Waals surface area contributed by atoms with E-state index in [1.807, 2.05) is 0 Å². The van der Waals surface area contributed by atoms with Gasteiger partial charge in [0.15, 0.2) is 0 Å². The Morgan fingerprint density at radius 2 is 0.614 bits per heavy atom. The summed E-state index contributed by atoms with van der Waals surface area (Å²) in [6.07, 6.45) is 0. The third kappa shape index (κ3) is 3.34. The van der Waals surface area contributed by atoms with E-state index >= 15 is 0 Å². The molecule has 0 heterocycles. The molecule has 0 atom stereocenters. The Morgan fingerprint density at radius 1 is 0.227 bits per heavy atom. The lowest BCUT2D eigenvalue weighted by atomic mass is 9.88. The maximum Gasteiger partial charge on any atom is -0.00206 e. The number of hydrogen-bond donors (Lipinski definition) is 0. The smallest absolute Gasteiger partial charge is 0.00206 e. The minimum absolute atomic E-state index is 1.23. The van der Waals surface area contributed by atoms with Gasteiger partial charge < -0.3 is 0 Å². The van der Waals surface area contributed by atoms with Crippen LogP contribution in [0.5, 0.6) is 0 Å². The highest BCUT2D eigenvalue weighted by atomic mass is 14.2. The van der Waals surface area contributed by atoms with E-state index in [4.69, 9.17) is 0 Å². The molecule has 0 saturated carbocycles. The summed E-state index contributed by atoms with van der Waals surface area (Å²) in [5.41, 5.74) is 7.51. The summed E-state index contributed by atoms with van der Waals surface area (Å²) in [4.78, 5) is 0. The number of rotatable bonds is 3. The van der Waals surface area contributed by atoms with Crippen LogP contribution in [-0.4, -0.2) is 0 Å². The van der Waals surface area contributed by atoms with Crippen LogP contribution in [0.2, 0.25) is 0 Å². The lowest BCUT2D eigenvalue weighted by Crippen LogP contribution is -1.88. The van der Waals surface area contributed by atoms with E-state index in [-0.39, 0.29) is 0 Å². The van der Waals surface area contributed by atoms with Gasteiger partial charge in [0.2, 0.25) is 0 Å². The molecule has 0 fully saturated rings. The van der Waals surface area contributed by atoms with Gasteiger partial charge in [0.1, 0.15) is 0 Å². The van der Waals surface area contributed by atoms with Crippen molar-refractivity contribution in [2.24, 2.45) is 0 Å². The Labute approximate surface area is 255 Å². The lowest BCUT2D eigenvalue weighted by Gasteiger charge is -2.15. The first-order valence-electron chi connectivity index (χ1n) is 15.3. The van der Waals surface area contributed by atoms with Crippen LogP contribution in [-0.2, 0) is 0 Å². The van der Waals surface area contributed by atoms with Crippen molar-refractivity contribution in [1.82, 2.24) is 0 Å². The van der Waals surface area contributed by atoms with Crippen LogP contribution in [0.25, 0.3) is 98.0 Å². The summed E-state index contributed by atoms with van der Waals surface area (Å²) in [6.45, 7) is 0. The predicted octanol–water partition coefficient (Wildman–Crippen LogP) is 12.5. The molecule has 0 heteroatoms. The van der Waals surface area contributed by atoms with E-state index in [0.717, 1.165) is 0 Å². The average Bonchev–Trinajstić information content (AvgIpc) is 3.09. The van der Waals surface area contributed by atoms with Crippen molar-refractivity contribution in [3.63, 3.8) is 0 Å². The van der Waals surface area contributed by atoms with Crippen LogP contribution in [0.1, 0.15) is 0 Å². The number of hydrogen-bond acceptors (Lipinski definition) is 0. The van der Waals surface area contributed by atoms with Gasteiger partial charge in [-0.2, -0.15) is 0 Å². The molecular formula is C44H26. The molecule has 0 aliphatic rings. The first-order chi connectivity index (χ1) is 21.8. The molecule has 202 valence electrons. The van der Waals surface area contributed by atoms with Gasteiger partial charge >= 0.3 is 0 Å². The van der Waals surface area contributed by atoms with Crippen molar-refractivity contribution in [3.05, 3.63) is 158 Å². The van der Waals surface area contributed by atoms with E-state index in [1.165, 1.54) is 98.0 Å². The maximum atomic E-state index is 2.34. The molecule has 0 N–H and O–H groups in total. The highest BCUT2D eigenvalue weighted by molar-refractivity contribution is 6.26. The van der Waals surface area contributed by atoms with Gasteiger partial charge in [-0.1, -0.05) is 152 Å². The molecule has 0 bridgehead atoms.